The highest BCUT2D eigenvalue weighted by Gasteiger charge is 2.35. The van der Waals surface area contributed by atoms with Crippen molar-refractivity contribution in [3.63, 3.8) is 0 Å². The summed E-state index contributed by atoms with van der Waals surface area (Å²) in [6, 6.07) is 15.3. The highest BCUT2D eigenvalue weighted by Crippen LogP contribution is 2.18. The molecule has 0 spiro atoms. The van der Waals surface area contributed by atoms with Gasteiger partial charge in [0.15, 0.2) is 0 Å². The van der Waals surface area contributed by atoms with Crippen LogP contribution in [0.25, 0.3) is 0 Å². The van der Waals surface area contributed by atoms with Crippen LogP contribution >= 0.6 is 0 Å². The molecule has 31 heavy (non-hydrogen) atoms. The summed E-state index contributed by atoms with van der Waals surface area (Å²) < 4.78 is 10.9. The Bertz CT molecular complexity index is 883. The summed E-state index contributed by atoms with van der Waals surface area (Å²) in [5.74, 6) is -0.475. The van der Waals surface area contributed by atoms with Crippen LogP contribution in [-0.2, 0) is 20.9 Å². The Morgan fingerprint density at radius 3 is 2.55 bits per heavy atom. The summed E-state index contributed by atoms with van der Waals surface area (Å²) in [6.45, 7) is 3.52. The van der Waals surface area contributed by atoms with E-state index in [-0.39, 0.29) is 24.8 Å². The van der Waals surface area contributed by atoms with Gasteiger partial charge in [-0.15, -0.1) is 0 Å². The molecule has 0 bridgehead atoms. The minimum Gasteiger partial charge on any atom is -0.494 e. The van der Waals surface area contributed by atoms with E-state index in [1.54, 1.807) is 24.3 Å². The molecule has 2 aromatic rings. The molecular formula is C24H28N2O5. The minimum absolute atomic E-state index is 0.126. The van der Waals surface area contributed by atoms with Crippen LogP contribution in [-0.4, -0.2) is 48.4 Å². The Morgan fingerprint density at radius 2 is 1.84 bits per heavy atom. The van der Waals surface area contributed by atoms with Crippen LogP contribution in [0.1, 0.15) is 42.1 Å². The molecule has 7 heteroatoms. The molecule has 1 aliphatic heterocycles. The van der Waals surface area contributed by atoms with Gasteiger partial charge in [-0.05, 0) is 36.2 Å². The molecule has 1 saturated heterocycles. The lowest BCUT2D eigenvalue weighted by Gasteiger charge is -2.34. The molecule has 1 N–H and O–H groups in total. The van der Waals surface area contributed by atoms with E-state index >= 15 is 0 Å². The van der Waals surface area contributed by atoms with E-state index in [2.05, 4.69) is 12.2 Å². The molecule has 1 fully saturated rings. The number of nitrogens with one attached hydrogen (secondary N) is 1. The SMILES string of the molecule is CCCCOc1ccc(C(=O)N2CCNC(=O)C2CC(=O)OCc2ccccc2)cc1. The van der Waals surface area contributed by atoms with Crippen molar-refractivity contribution in [1.82, 2.24) is 10.2 Å². The van der Waals surface area contributed by atoms with Gasteiger partial charge in [-0.1, -0.05) is 43.7 Å². The van der Waals surface area contributed by atoms with E-state index in [0.717, 1.165) is 18.4 Å². The lowest BCUT2D eigenvalue weighted by Crippen LogP contribution is -2.57. The Labute approximate surface area is 182 Å². The first-order valence-corrected chi connectivity index (χ1v) is 10.6. The summed E-state index contributed by atoms with van der Waals surface area (Å²) in [6.07, 6.45) is 1.82. The van der Waals surface area contributed by atoms with Gasteiger partial charge in [0.2, 0.25) is 5.91 Å². The topological polar surface area (TPSA) is 84.9 Å². The second-order valence-electron chi connectivity index (χ2n) is 7.38. The average Bonchev–Trinajstić information content (AvgIpc) is 2.80. The van der Waals surface area contributed by atoms with Crippen LogP contribution in [0.5, 0.6) is 5.75 Å². The van der Waals surface area contributed by atoms with E-state index in [4.69, 9.17) is 9.47 Å². The first kappa shape index (κ1) is 22.3. The standard InChI is InChI=1S/C24H28N2O5/c1-2-3-15-30-20-11-9-19(10-12-20)24(29)26-14-13-25-23(28)21(26)16-22(27)31-17-18-7-5-4-6-8-18/h4-12,21H,2-3,13-17H2,1H3,(H,25,28). The van der Waals surface area contributed by atoms with E-state index in [0.29, 0.717) is 31.0 Å². The number of benzene rings is 2. The van der Waals surface area contributed by atoms with E-state index in [1.807, 2.05) is 30.3 Å². The number of hydrogen-bond donors (Lipinski definition) is 1. The fourth-order valence-electron chi connectivity index (χ4n) is 3.31. The normalized spacial score (nSPS) is 15.8. The highest BCUT2D eigenvalue weighted by atomic mass is 16.5. The van der Waals surface area contributed by atoms with Gasteiger partial charge < -0.3 is 19.7 Å². The summed E-state index contributed by atoms with van der Waals surface area (Å²) in [4.78, 5) is 39.2. The molecule has 1 aliphatic rings. The van der Waals surface area contributed by atoms with Gasteiger partial charge >= 0.3 is 5.97 Å². The lowest BCUT2D eigenvalue weighted by atomic mass is 10.1. The molecule has 2 aromatic carbocycles. The molecule has 0 aliphatic carbocycles. The number of hydrogen-bond acceptors (Lipinski definition) is 5. The maximum atomic E-state index is 13.0. The van der Waals surface area contributed by atoms with Crippen molar-refractivity contribution in [1.29, 1.82) is 0 Å². The first-order valence-electron chi connectivity index (χ1n) is 10.6. The third kappa shape index (κ3) is 6.31. The van der Waals surface area contributed by atoms with Crippen LogP contribution in [0.15, 0.2) is 54.6 Å². The number of unbranched alkanes of at least 4 members (excludes halogenated alkanes) is 1. The number of piperazine rings is 1. The molecule has 0 aromatic heterocycles. The zero-order valence-electron chi connectivity index (χ0n) is 17.7. The van der Waals surface area contributed by atoms with Crippen molar-refractivity contribution < 1.29 is 23.9 Å². The Morgan fingerprint density at radius 1 is 1.10 bits per heavy atom. The van der Waals surface area contributed by atoms with Crippen LogP contribution in [0.4, 0.5) is 0 Å². The third-order valence-corrected chi connectivity index (χ3v) is 5.06. The summed E-state index contributed by atoms with van der Waals surface area (Å²) in [7, 11) is 0. The maximum Gasteiger partial charge on any atom is 0.308 e. The van der Waals surface area contributed by atoms with Crippen LogP contribution in [0.3, 0.4) is 0 Å². The smallest absolute Gasteiger partial charge is 0.308 e. The van der Waals surface area contributed by atoms with Crippen LogP contribution in [0.2, 0.25) is 0 Å². The van der Waals surface area contributed by atoms with Gasteiger partial charge in [0.1, 0.15) is 18.4 Å². The van der Waals surface area contributed by atoms with E-state index in [1.165, 1.54) is 4.90 Å². The summed E-state index contributed by atoms with van der Waals surface area (Å²) >= 11 is 0. The number of ether oxygens (including phenoxy) is 2. The molecular weight excluding hydrogens is 396 g/mol. The molecule has 2 amide bonds. The molecule has 7 nitrogen and oxygen atoms in total. The number of esters is 1. The molecule has 0 saturated carbocycles. The molecule has 1 atom stereocenters. The second-order valence-corrected chi connectivity index (χ2v) is 7.38. The average molecular weight is 424 g/mol. The maximum absolute atomic E-state index is 13.0. The van der Waals surface area contributed by atoms with E-state index in [9.17, 15) is 14.4 Å². The number of nitrogens with zero attached hydrogens (tertiary/aromatic N) is 1. The summed E-state index contributed by atoms with van der Waals surface area (Å²) in [5, 5.41) is 2.72. The second kappa shape index (κ2) is 11.2. The van der Waals surface area contributed by atoms with Gasteiger partial charge in [-0.2, -0.15) is 0 Å². The van der Waals surface area contributed by atoms with Crippen molar-refractivity contribution in [2.24, 2.45) is 0 Å². The number of carbonyl (C=O) groups is 3. The van der Waals surface area contributed by atoms with Gasteiger partial charge in [-0.25, -0.2) is 0 Å². The van der Waals surface area contributed by atoms with Crippen molar-refractivity contribution >= 4 is 17.8 Å². The van der Waals surface area contributed by atoms with Crippen LogP contribution in [0, 0.1) is 0 Å². The number of amides is 2. The van der Waals surface area contributed by atoms with Gasteiger partial charge in [0.25, 0.3) is 5.91 Å². The van der Waals surface area contributed by atoms with Gasteiger partial charge in [0, 0.05) is 18.7 Å². The molecule has 1 heterocycles. The zero-order valence-corrected chi connectivity index (χ0v) is 17.7. The predicted molar refractivity (Wildman–Crippen MR) is 116 cm³/mol. The summed E-state index contributed by atoms with van der Waals surface area (Å²) in [5.41, 5.74) is 1.30. The Hall–Kier alpha value is -3.35. The first-order chi connectivity index (χ1) is 15.1. The zero-order chi connectivity index (χ0) is 22.1. The predicted octanol–water partition coefficient (Wildman–Crippen LogP) is 2.94. The van der Waals surface area contributed by atoms with Crippen LogP contribution < -0.4 is 10.1 Å². The molecule has 3 rings (SSSR count). The molecule has 0 radical (unpaired) electrons. The van der Waals surface area contributed by atoms with Crippen molar-refractivity contribution in [2.45, 2.75) is 38.8 Å². The van der Waals surface area contributed by atoms with Crippen molar-refractivity contribution in [3.8, 4) is 5.75 Å². The highest BCUT2D eigenvalue weighted by molar-refractivity contribution is 5.99. The fourth-order valence-corrected chi connectivity index (χ4v) is 3.31. The van der Waals surface area contributed by atoms with Crippen molar-refractivity contribution in [3.05, 3.63) is 65.7 Å². The largest absolute Gasteiger partial charge is 0.494 e. The van der Waals surface area contributed by atoms with Gasteiger partial charge in [-0.3, -0.25) is 14.4 Å². The quantitative estimate of drug-likeness (QED) is 0.494. The van der Waals surface area contributed by atoms with Crippen molar-refractivity contribution in [2.75, 3.05) is 19.7 Å². The van der Waals surface area contributed by atoms with E-state index < -0.39 is 12.0 Å². The molecule has 1 unspecified atom stereocenters. The fraction of sp³-hybridized carbons (Fsp3) is 0.375. The Kier molecular flexibility index (Phi) is 8.04. The minimum atomic E-state index is -0.898. The lowest BCUT2D eigenvalue weighted by molar-refractivity contribution is -0.148. The number of carbonyl (C=O) groups excluding carboxylic acids is 3. The number of rotatable bonds is 9. The van der Waals surface area contributed by atoms with Gasteiger partial charge in [0.05, 0.1) is 13.0 Å². The third-order valence-electron chi connectivity index (χ3n) is 5.06. The monoisotopic (exact) mass is 424 g/mol. The Balaban J connectivity index is 1.62. The molecule has 164 valence electrons.